The van der Waals surface area contributed by atoms with Crippen LogP contribution in [0.5, 0.6) is 5.75 Å². The lowest BCUT2D eigenvalue weighted by Gasteiger charge is -2.14. The van der Waals surface area contributed by atoms with E-state index in [0.29, 0.717) is 5.56 Å². The third-order valence-electron chi connectivity index (χ3n) is 4.38. The fourth-order valence-electron chi connectivity index (χ4n) is 2.94. The van der Waals surface area contributed by atoms with E-state index in [9.17, 15) is 24.5 Å². The molecule has 2 aromatic rings. The van der Waals surface area contributed by atoms with E-state index in [1.54, 1.807) is 37.3 Å². The number of nitrogens with one attached hydrogen (secondary N) is 1. The Morgan fingerprint density at radius 3 is 2.69 bits per heavy atom. The van der Waals surface area contributed by atoms with Crippen LogP contribution in [-0.4, -0.2) is 53.6 Å². The number of hydrogen-bond acceptors (Lipinski definition) is 10. The smallest absolute Gasteiger partial charge is 0.408 e. The Kier molecular flexibility index (Phi) is 7.29. The van der Waals surface area contributed by atoms with Crippen LogP contribution in [0, 0.1) is 10.1 Å². The number of hydrogen-bond donors (Lipinski definition) is 1. The van der Waals surface area contributed by atoms with Gasteiger partial charge in [-0.3, -0.25) is 9.69 Å². The SMILES string of the molecule is CCOC(=O)COc1ccc(N2C[C@H](NOC(=O)c3ccccc3)CC2=O)nc1[N+](=O)[O-]. The monoisotopic (exact) mass is 444 g/mol. The zero-order valence-electron chi connectivity index (χ0n) is 17.1. The number of ether oxygens (including phenoxy) is 2. The van der Waals surface area contributed by atoms with Crippen LogP contribution in [0.1, 0.15) is 23.7 Å². The second-order valence-corrected chi connectivity index (χ2v) is 6.62. The van der Waals surface area contributed by atoms with Crippen molar-refractivity contribution in [2.45, 2.75) is 19.4 Å². The molecule has 1 fully saturated rings. The van der Waals surface area contributed by atoms with Crippen molar-refractivity contribution in [2.75, 3.05) is 24.7 Å². The van der Waals surface area contributed by atoms with E-state index in [1.165, 1.54) is 17.0 Å². The molecule has 1 aromatic heterocycles. The van der Waals surface area contributed by atoms with Gasteiger partial charge in [0.25, 0.3) is 5.82 Å². The normalized spacial score (nSPS) is 15.3. The number of amides is 1. The van der Waals surface area contributed by atoms with Gasteiger partial charge in [-0.1, -0.05) is 18.2 Å². The average Bonchev–Trinajstić information content (AvgIpc) is 3.17. The number of hydroxylamine groups is 1. The third-order valence-corrected chi connectivity index (χ3v) is 4.38. The first kappa shape index (κ1) is 22.6. The lowest BCUT2D eigenvalue weighted by molar-refractivity contribution is -0.390. The third kappa shape index (κ3) is 5.55. The van der Waals surface area contributed by atoms with Crippen molar-refractivity contribution in [1.29, 1.82) is 0 Å². The van der Waals surface area contributed by atoms with Crippen molar-refractivity contribution in [3.63, 3.8) is 0 Å². The van der Waals surface area contributed by atoms with Gasteiger partial charge in [0, 0.05) is 19.0 Å². The summed E-state index contributed by atoms with van der Waals surface area (Å²) in [5.41, 5.74) is 2.90. The van der Waals surface area contributed by atoms with Crippen LogP contribution in [0.25, 0.3) is 0 Å². The molecular formula is C20H20N4O8. The van der Waals surface area contributed by atoms with E-state index in [1.807, 2.05) is 0 Å². The Morgan fingerprint density at radius 2 is 2.00 bits per heavy atom. The molecule has 0 spiro atoms. The highest BCUT2D eigenvalue weighted by Crippen LogP contribution is 2.29. The molecule has 0 bridgehead atoms. The number of carbonyl (C=O) groups excluding carboxylic acids is 3. The summed E-state index contributed by atoms with van der Waals surface area (Å²) in [7, 11) is 0. The minimum Gasteiger partial charge on any atom is -0.474 e. The molecule has 12 nitrogen and oxygen atoms in total. The maximum absolute atomic E-state index is 12.4. The number of carbonyl (C=O) groups is 3. The van der Waals surface area contributed by atoms with Gasteiger partial charge in [0.2, 0.25) is 11.7 Å². The van der Waals surface area contributed by atoms with Crippen molar-refractivity contribution >= 4 is 29.5 Å². The molecule has 1 aromatic carbocycles. The Balaban J connectivity index is 1.64. The van der Waals surface area contributed by atoms with E-state index in [2.05, 4.69) is 10.5 Å². The summed E-state index contributed by atoms with van der Waals surface area (Å²) in [4.78, 5) is 56.6. The summed E-state index contributed by atoms with van der Waals surface area (Å²) in [6.45, 7) is 1.33. The summed E-state index contributed by atoms with van der Waals surface area (Å²) in [5, 5.41) is 11.4. The number of esters is 1. The molecule has 0 aliphatic carbocycles. The molecule has 1 atom stereocenters. The van der Waals surface area contributed by atoms with Gasteiger partial charge < -0.3 is 24.4 Å². The van der Waals surface area contributed by atoms with Crippen LogP contribution in [-0.2, 0) is 19.2 Å². The molecule has 0 unspecified atom stereocenters. The van der Waals surface area contributed by atoms with Crippen LogP contribution < -0.4 is 15.1 Å². The number of anilines is 1. The van der Waals surface area contributed by atoms with Crippen molar-refractivity contribution in [1.82, 2.24) is 10.5 Å². The van der Waals surface area contributed by atoms with Gasteiger partial charge in [-0.05, 0) is 35.0 Å². The van der Waals surface area contributed by atoms with E-state index in [-0.39, 0.29) is 37.0 Å². The van der Waals surface area contributed by atoms with Gasteiger partial charge in [-0.15, -0.1) is 5.48 Å². The van der Waals surface area contributed by atoms with E-state index in [4.69, 9.17) is 14.3 Å². The maximum Gasteiger partial charge on any atom is 0.408 e. The predicted octanol–water partition coefficient (Wildman–Crippen LogP) is 1.40. The molecule has 2 heterocycles. The lowest BCUT2D eigenvalue weighted by Crippen LogP contribution is -2.34. The second-order valence-electron chi connectivity index (χ2n) is 6.62. The number of aromatic nitrogens is 1. The molecule has 12 heteroatoms. The van der Waals surface area contributed by atoms with Crippen LogP contribution in [0.3, 0.4) is 0 Å². The first-order valence-corrected chi connectivity index (χ1v) is 9.65. The Morgan fingerprint density at radius 1 is 1.25 bits per heavy atom. The summed E-state index contributed by atoms with van der Waals surface area (Å²) < 4.78 is 9.85. The molecule has 32 heavy (non-hydrogen) atoms. The number of nitrogens with zero attached hydrogens (tertiary/aromatic N) is 3. The van der Waals surface area contributed by atoms with Gasteiger partial charge in [0.15, 0.2) is 6.61 Å². The molecule has 1 saturated heterocycles. The van der Waals surface area contributed by atoms with Crippen LogP contribution in [0.15, 0.2) is 42.5 Å². The fourth-order valence-corrected chi connectivity index (χ4v) is 2.94. The summed E-state index contributed by atoms with van der Waals surface area (Å²) in [6, 6.07) is 10.4. The molecule has 168 valence electrons. The number of nitro groups is 1. The van der Waals surface area contributed by atoms with Gasteiger partial charge >= 0.3 is 17.8 Å². The zero-order valence-corrected chi connectivity index (χ0v) is 17.1. The summed E-state index contributed by atoms with van der Waals surface area (Å²) in [5.74, 6) is -2.49. The quantitative estimate of drug-likeness (QED) is 0.341. The summed E-state index contributed by atoms with van der Waals surface area (Å²) >= 11 is 0. The lowest BCUT2D eigenvalue weighted by atomic mass is 10.2. The number of pyridine rings is 1. The van der Waals surface area contributed by atoms with E-state index < -0.39 is 35.3 Å². The van der Waals surface area contributed by atoms with Crippen LogP contribution >= 0.6 is 0 Å². The Labute approximate surface area is 182 Å². The Hall–Kier alpha value is -4.06. The minimum atomic E-state index is -0.776. The standard InChI is InChI=1S/C20H20N4O8/c1-2-30-18(26)12-31-15-8-9-16(21-19(15)24(28)29)23-11-14(10-17(23)25)22-32-20(27)13-6-4-3-5-7-13/h3-9,14,22H,2,10-12H2,1H3/t14-/m1/s1. The van der Waals surface area contributed by atoms with Gasteiger partial charge in [-0.25, -0.2) is 9.59 Å². The second kappa shape index (κ2) is 10.3. The van der Waals surface area contributed by atoms with E-state index >= 15 is 0 Å². The maximum atomic E-state index is 12.4. The van der Waals surface area contributed by atoms with Gasteiger partial charge in [-0.2, -0.15) is 0 Å². The van der Waals surface area contributed by atoms with Crippen molar-refractivity contribution in [3.05, 3.63) is 58.1 Å². The predicted molar refractivity (Wildman–Crippen MR) is 109 cm³/mol. The number of benzene rings is 1. The minimum absolute atomic E-state index is 0.00133. The molecule has 1 aliphatic heterocycles. The Bertz CT molecular complexity index is 1010. The number of rotatable bonds is 9. The fraction of sp³-hybridized carbons (Fsp3) is 0.300. The molecular weight excluding hydrogens is 424 g/mol. The zero-order chi connectivity index (χ0) is 23.1. The molecule has 1 amide bonds. The molecule has 0 saturated carbocycles. The van der Waals surface area contributed by atoms with Crippen LogP contribution in [0.2, 0.25) is 0 Å². The van der Waals surface area contributed by atoms with Crippen molar-refractivity contribution in [2.24, 2.45) is 0 Å². The first-order chi connectivity index (χ1) is 15.4. The van der Waals surface area contributed by atoms with Gasteiger partial charge in [0.05, 0.1) is 18.2 Å². The average molecular weight is 444 g/mol. The molecule has 3 rings (SSSR count). The van der Waals surface area contributed by atoms with Crippen molar-refractivity contribution in [3.8, 4) is 5.75 Å². The van der Waals surface area contributed by atoms with Crippen LogP contribution in [0.4, 0.5) is 11.6 Å². The first-order valence-electron chi connectivity index (χ1n) is 9.65. The van der Waals surface area contributed by atoms with Gasteiger partial charge in [0.1, 0.15) is 0 Å². The molecule has 1 N–H and O–H groups in total. The van der Waals surface area contributed by atoms with Crippen molar-refractivity contribution < 1.29 is 33.6 Å². The summed E-state index contributed by atoms with van der Waals surface area (Å²) in [6.07, 6.45) is -0.00133. The largest absolute Gasteiger partial charge is 0.474 e. The highest BCUT2D eigenvalue weighted by molar-refractivity contribution is 5.95. The topological polar surface area (TPSA) is 150 Å². The highest BCUT2D eigenvalue weighted by Gasteiger charge is 2.35. The highest BCUT2D eigenvalue weighted by atomic mass is 16.7. The molecule has 0 radical (unpaired) electrons. The molecule has 1 aliphatic rings. The van der Waals surface area contributed by atoms with E-state index in [0.717, 1.165) is 0 Å².